The molecule has 15 heavy (non-hydrogen) atoms. The van der Waals surface area contributed by atoms with Crippen LogP contribution in [0.1, 0.15) is 26.7 Å². The molecular weight excluding hydrogens is 214 g/mol. The van der Waals surface area contributed by atoms with Gasteiger partial charge in [0.25, 0.3) is 0 Å². The molecule has 1 unspecified atom stereocenters. The van der Waals surface area contributed by atoms with Crippen LogP contribution in [0.4, 0.5) is 5.82 Å². The number of ether oxygens (including phenoxy) is 1. The van der Waals surface area contributed by atoms with E-state index in [-0.39, 0.29) is 0 Å². The van der Waals surface area contributed by atoms with Crippen molar-refractivity contribution in [3.05, 3.63) is 11.2 Å². The van der Waals surface area contributed by atoms with E-state index in [0.29, 0.717) is 22.9 Å². The van der Waals surface area contributed by atoms with E-state index in [9.17, 15) is 0 Å². The van der Waals surface area contributed by atoms with Crippen molar-refractivity contribution in [3.8, 4) is 6.01 Å². The number of rotatable bonds is 5. The average molecular weight is 230 g/mol. The van der Waals surface area contributed by atoms with E-state index < -0.39 is 0 Å². The summed E-state index contributed by atoms with van der Waals surface area (Å²) in [6.07, 6.45) is 3.73. The summed E-state index contributed by atoms with van der Waals surface area (Å²) in [4.78, 5) is 8.04. The first-order chi connectivity index (χ1) is 7.17. The minimum absolute atomic E-state index is 0.325. The first-order valence-electron chi connectivity index (χ1n) is 5.00. The van der Waals surface area contributed by atoms with Gasteiger partial charge in [-0.05, 0) is 13.3 Å². The molecular formula is C10H16ClN3O. The van der Waals surface area contributed by atoms with Crippen LogP contribution in [-0.2, 0) is 0 Å². The Hall–Kier alpha value is -1.03. The fourth-order valence-corrected chi connectivity index (χ4v) is 1.43. The standard InChI is InChI=1S/C10H16ClN3O/c1-4-5-7(2)13-9-8(11)6-12-10(14-9)15-3/h6-7H,4-5H2,1-3H3,(H,12,13,14). The van der Waals surface area contributed by atoms with Gasteiger partial charge in [0.1, 0.15) is 5.02 Å². The van der Waals surface area contributed by atoms with Crippen LogP contribution >= 0.6 is 11.6 Å². The average Bonchev–Trinajstić information content (AvgIpc) is 2.21. The third kappa shape index (κ3) is 3.55. The third-order valence-electron chi connectivity index (χ3n) is 2.01. The number of nitrogens with zero attached hydrogens (tertiary/aromatic N) is 2. The van der Waals surface area contributed by atoms with Gasteiger partial charge in [-0.15, -0.1) is 0 Å². The van der Waals surface area contributed by atoms with Crippen molar-refractivity contribution in [1.29, 1.82) is 0 Å². The van der Waals surface area contributed by atoms with Crippen molar-refractivity contribution >= 4 is 17.4 Å². The summed E-state index contributed by atoms with van der Waals surface area (Å²) in [7, 11) is 1.53. The normalized spacial score (nSPS) is 12.3. The molecule has 0 amide bonds. The Kier molecular flexibility index (Phi) is 4.62. The molecule has 1 atom stereocenters. The highest BCUT2D eigenvalue weighted by atomic mass is 35.5. The molecule has 1 heterocycles. The number of nitrogens with one attached hydrogen (secondary N) is 1. The Morgan fingerprint density at radius 3 is 2.93 bits per heavy atom. The van der Waals surface area contributed by atoms with Crippen molar-refractivity contribution < 1.29 is 4.74 Å². The van der Waals surface area contributed by atoms with Crippen LogP contribution in [-0.4, -0.2) is 23.1 Å². The van der Waals surface area contributed by atoms with Gasteiger partial charge in [-0.25, -0.2) is 4.98 Å². The molecule has 5 heteroatoms. The number of hydrogen-bond donors (Lipinski definition) is 1. The molecule has 0 aliphatic heterocycles. The topological polar surface area (TPSA) is 47.0 Å². The first kappa shape index (κ1) is 12.0. The highest BCUT2D eigenvalue weighted by Crippen LogP contribution is 2.21. The minimum atomic E-state index is 0.325. The maximum Gasteiger partial charge on any atom is 0.318 e. The Bertz CT molecular complexity index is 320. The molecule has 0 fully saturated rings. The second kappa shape index (κ2) is 5.75. The van der Waals surface area contributed by atoms with E-state index in [4.69, 9.17) is 16.3 Å². The number of methoxy groups -OCH3 is 1. The summed E-state index contributed by atoms with van der Waals surface area (Å²) >= 11 is 5.95. The van der Waals surface area contributed by atoms with E-state index in [1.165, 1.54) is 13.3 Å². The predicted octanol–water partition coefficient (Wildman–Crippen LogP) is 2.74. The zero-order chi connectivity index (χ0) is 11.3. The van der Waals surface area contributed by atoms with Crippen LogP contribution in [0.15, 0.2) is 6.20 Å². The molecule has 0 saturated heterocycles. The van der Waals surface area contributed by atoms with E-state index in [1.54, 1.807) is 0 Å². The molecule has 0 aromatic carbocycles. The van der Waals surface area contributed by atoms with Gasteiger partial charge in [0.15, 0.2) is 5.82 Å². The minimum Gasteiger partial charge on any atom is -0.467 e. The fourth-order valence-electron chi connectivity index (χ4n) is 1.29. The summed E-state index contributed by atoms with van der Waals surface area (Å²) in [5, 5.41) is 3.74. The van der Waals surface area contributed by atoms with Gasteiger partial charge in [-0.1, -0.05) is 24.9 Å². The zero-order valence-corrected chi connectivity index (χ0v) is 10.0. The van der Waals surface area contributed by atoms with Crippen LogP contribution in [0.25, 0.3) is 0 Å². The molecule has 0 aliphatic rings. The fraction of sp³-hybridized carbons (Fsp3) is 0.600. The van der Waals surface area contributed by atoms with Crippen molar-refractivity contribution in [2.75, 3.05) is 12.4 Å². The lowest BCUT2D eigenvalue weighted by molar-refractivity contribution is 0.380. The van der Waals surface area contributed by atoms with Gasteiger partial charge in [-0.3, -0.25) is 0 Å². The highest BCUT2D eigenvalue weighted by Gasteiger charge is 2.08. The van der Waals surface area contributed by atoms with Crippen LogP contribution in [0, 0.1) is 0 Å². The lowest BCUT2D eigenvalue weighted by Crippen LogP contribution is -2.16. The lowest BCUT2D eigenvalue weighted by atomic mass is 10.2. The summed E-state index contributed by atoms with van der Waals surface area (Å²) in [5.74, 6) is 0.629. The van der Waals surface area contributed by atoms with Crippen molar-refractivity contribution in [1.82, 2.24) is 9.97 Å². The molecule has 0 aliphatic carbocycles. The predicted molar refractivity (Wildman–Crippen MR) is 61.6 cm³/mol. The molecule has 0 radical (unpaired) electrons. The zero-order valence-electron chi connectivity index (χ0n) is 9.25. The van der Waals surface area contributed by atoms with Gasteiger partial charge in [0, 0.05) is 6.04 Å². The van der Waals surface area contributed by atoms with Crippen molar-refractivity contribution in [2.24, 2.45) is 0 Å². The monoisotopic (exact) mass is 229 g/mol. The second-order valence-electron chi connectivity index (χ2n) is 3.39. The Morgan fingerprint density at radius 2 is 2.33 bits per heavy atom. The molecule has 0 spiro atoms. The summed E-state index contributed by atoms with van der Waals surface area (Å²) in [5.41, 5.74) is 0. The maximum absolute atomic E-state index is 5.95. The second-order valence-corrected chi connectivity index (χ2v) is 3.79. The highest BCUT2D eigenvalue weighted by molar-refractivity contribution is 6.32. The maximum atomic E-state index is 5.95. The van der Waals surface area contributed by atoms with E-state index in [1.807, 2.05) is 0 Å². The number of halogens is 1. The largest absolute Gasteiger partial charge is 0.467 e. The van der Waals surface area contributed by atoms with Crippen LogP contribution in [0.2, 0.25) is 5.02 Å². The molecule has 0 bridgehead atoms. The molecule has 1 N–H and O–H groups in total. The van der Waals surface area contributed by atoms with Gasteiger partial charge in [-0.2, -0.15) is 4.98 Å². The molecule has 84 valence electrons. The number of aromatic nitrogens is 2. The Morgan fingerprint density at radius 1 is 1.60 bits per heavy atom. The number of anilines is 1. The van der Waals surface area contributed by atoms with Gasteiger partial charge >= 0.3 is 6.01 Å². The smallest absolute Gasteiger partial charge is 0.318 e. The van der Waals surface area contributed by atoms with Gasteiger partial charge in [0.05, 0.1) is 13.3 Å². The third-order valence-corrected chi connectivity index (χ3v) is 2.29. The van der Waals surface area contributed by atoms with Crippen molar-refractivity contribution in [3.63, 3.8) is 0 Å². The van der Waals surface area contributed by atoms with Crippen LogP contribution in [0.5, 0.6) is 6.01 Å². The summed E-state index contributed by atoms with van der Waals surface area (Å²) in [6.45, 7) is 4.23. The lowest BCUT2D eigenvalue weighted by Gasteiger charge is -2.14. The van der Waals surface area contributed by atoms with E-state index in [2.05, 4.69) is 29.1 Å². The van der Waals surface area contributed by atoms with E-state index in [0.717, 1.165) is 12.8 Å². The summed E-state index contributed by atoms with van der Waals surface area (Å²) in [6, 6.07) is 0.665. The van der Waals surface area contributed by atoms with Crippen LogP contribution < -0.4 is 10.1 Å². The molecule has 1 aromatic rings. The molecule has 1 rings (SSSR count). The quantitative estimate of drug-likeness (QED) is 0.844. The Balaban J connectivity index is 2.74. The Labute approximate surface area is 95.0 Å². The molecule has 1 aromatic heterocycles. The SMILES string of the molecule is CCCC(C)Nc1nc(OC)ncc1Cl. The van der Waals surface area contributed by atoms with E-state index >= 15 is 0 Å². The van der Waals surface area contributed by atoms with Gasteiger partial charge < -0.3 is 10.1 Å². The number of hydrogen-bond acceptors (Lipinski definition) is 4. The molecule has 4 nitrogen and oxygen atoms in total. The van der Waals surface area contributed by atoms with Crippen LogP contribution in [0.3, 0.4) is 0 Å². The first-order valence-corrected chi connectivity index (χ1v) is 5.38. The molecule has 0 saturated carbocycles. The van der Waals surface area contributed by atoms with Crippen molar-refractivity contribution in [2.45, 2.75) is 32.7 Å². The van der Waals surface area contributed by atoms with Gasteiger partial charge in [0.2, 0.25) is 0 Å². The summed E-state index contributed by atoms with van der Waals surface area (Å²) < 4.78 is 4.93.